The van der Waals surface area contributed by atoms with E-state index in [-0.39, 0.29) is 49.5 Å². The predicted octanol–water partition coefficient (Wildman–Crippen LogP) is 5.35. The molecule has 4 N–H and O–H groups in total. The van der Waals surface area contributed by atoms with Gasteiger partial charge in [-0.05, 0) is 82.6 Å². The van der Waals surface area contributed by atoms with Gasteiger partial charge in [0.15, 0.2) is 6.29 Å². The number of nitrogens with one attached hydrogen (secondary N) is 3. The molecule has 1 saturated carbocycles. The number of anilines is 1. The molecular formula is C37H52N4O7. The fourth-order valence-electron chi connectivity index (χ4n) is 7.26. The molecule has 3 amide bonds. The summed E-state index contributed by atoms with van der Waals surface area (Å²) in [6, 6.07) is 14.7. The Balaban J connectivity index is 1.35. The van der Waals surface area contributed by atoms with Crippen molar-refractivity contribution in [2.75, 3.05) is 25.0 Å². The van der Waals surface area contributed by atoms with Crippen LogP contribution in [0.4, 0.5) is 10.5 Å². The zero-order valence-electron chi connectivity index (χ0n) is 28.7. The zero-order chi connectivity index (χ0) is 34.3. The highest BCUT2D eigenvalue weighted by Crippen LogP contribution is 2.42. The summed E-state index contributed by atoms with van der Waals surface area (Å²) in [4.78, 5) is 40.0. The van der Waals surface area contributed by atoms with Gasteiger partial charge in [0.25, 0.3) is 0 Å². The Morgan fingerprint density at radius 2 is 1.65 bits per heavy atom. The topological polar surface area (TPSA) is 138 Å². The third-order valence-electron chi connectivity index (χ3n) is 9.48. The molecule has 2 aromatic carbocycles. The number of fused-ring (bicyclic) bond motifs is 1. The Labute approximate surface area is 284 Å². The van der Waals surface area contributed by atoms with Gasteiger partial charge in [-0.25, -0.2) is 4.79 Å². The second-order valence-electron chi connectivity index (χ2n) is 14.2. The molecule has 0 radical (unpaired) electrons. The van der Waals surface area contributed by atoms with Crippen LogP contribution in [0.15, 0.2) is 48.5 Å². The van der Waals surface area contributed by atoms with Crippen LogP contribution in [0.1, 0.15) is 102 Å². The minimum Gasteiger partial charge on any atom is -0.465 e. The fourth-order valence-corrected chi connectivity index (χ4v) is 7.26. The SMILES string of the molecule is CCOC(=O)CNC(=O)Nc1ccc([C@@H]2O[C@H](CN3[C@@H](C(=O)NC(C)(C)C)CC[C@H]4CCCC[C@H]43)C[C@H](c3ccc(CO)cc3)O2)cc1. The maximum Gasteiger partial charge on any atom is 0.325 e. The number of benzene rings is 2. The van der Waals surface area contributed by atoms with Crippen LogP contribution >= 0.6 is 0 Å². The van der Waals surface area contributed by atoms with Gasteiger partial charge in [-0.2, -0.15) is 0 Å². The van der Waals surface area contributed by atoms with E-state index in [1.54, 1.807) is 19.1 Å². The Morgan fingerprint density at radius 1 is 0.938 bits per heavy atom. The lowest BCUT2D eigenvalue weighted by molar-refractivity contribution is -0.255. The Hall–Kier alpha value is -3.51. The van der Waals surface area contributed by atoms with Crippen LogP contribution in [-0.2, 0) is 30.4 Å². The van der Waals surface area contributed by atoms with Crippen molar-refractivity contribution < 1.29 is 33.7 Å². The molecule has 6 atom stereocenters. The second-order valence-corrected chi connectivity index (χ2v) is 14.2. The number of urea groups is 1. The van der Waals surface area contributed by atoms with Crippen LogP contribution in [0.5, 0.6) is 0 Å². The molecule has 2 aliphatic heterocycles. The number of esters is 1. The number of rotatable bonds is 10. The summed E-state index contributed by atoms with van der Waals surface area (Å²) >= 11 is 0. The molecule has 5 rings (SSSR count). The van der Waals surface area contributed by atoms with E-state index >= 15 is 0 Å². The van der Waals surface area contributed by atoms with Gasteiger partial charge < -0.3 is 35.3 Å². The largest absolute Gasteiger partial charge is 0.465 e. The van der Waals surface area contributed by atoms with Crippen LogP contribution < -0.4 is 16.0 Å². The third kappa shape index (κ3) is 9.56. The van der Waals surface area contributed by atoms with Crippen molar-refractivity contribution in [3.63, 3.8) is 0 Å². The molecule has 2 saturated heterocycles. The van der Waals surface area contributed by atoms with E-state index in [2.05, 4.69) is 20.9 Å². The first kappa shape index (κ1) is 35.8. The maximum absolute atomic E-state index is 13.7. The summed E-state index contributed by atoms with van der Waals surface area (Å²) in [5.74, 6) is 0.166. The fraction of sp³-hybridized carbons (Fsp3) is 0.595. The summed E-state index contributed by atoms with van der Waals surface area (Å²) < 4.78 is 18.1. The van der Waals surface area contributed by atoms with Crippen LogP contribution in [0.25, 0.3) is 0 Å². The number of hydrogen-bond donors (Lipinski definition) is 4. The number of hydrogen-bond acceptors (Lipinski definition) is 8. The van der Waals surface area contributed by atoms with Gasteiger partial charge in [0.05, 0.1) is 31.5 Å². The molecule has 2 heterocycles. The van der Waals surface area contributed by atoms with Crippen LogP contribution in [0.3, 0.4) is 0 Å². The number of carbonyl (C=O) groups excluding carboxylic acids is 3. The van der Waals surface area contributed by atoms with Crippen molar-refractivity contribution in [3.8, 4) is 0 Å². The predicted molar refractivity (Wildman–Crippen MR) is 182 cm³/mol. The molecule has 11 heteroatoms. The quantitative estimate of drug-likeness (QED) is 0.250. The molecule has 0 unspecified atom stereocenters. The van der Waals surface area contributed by atoms with Gasteiger partial charge in [0.1, 0.15) is 6.54 Å². The summed E-state index contributed by atoms with van der Waals surface area (Å²) in [6.07, 6.45) is 6.09. The lowest BCUT2D eigenvalue weighted by Gasteiger charge is -2.50. The van der Waals surface area contributed by atoms with Gasteiger partial charge >= 0.3 is 12.0 Å². The molecule has 3 fully saturated rings. The average Bonchev–Trinajstić information content (AvgIpc) is 3.07. The maximum atomic E-state index is 13.7. The second kappa shape index (κ2) is 16.3. The van der Waals surface area contributed by atoms with E-state index in [1.807, 2.05) is 57.2 Å². The van der Waals surface area contributed by atoms with Crippen LogP contribution in [0.2, 0.25) is 0 Å². The lowest BCUT2D eigenvalue weighted by atomic mass is 9.75. The average molecular weight is 665 g/mol. The smallest absolute Gasteiger partial charge is 0.325 e. The van der Waals surface area contributed by atoms with E-state index in [0.29, 0.717) is 30.6 Å². The monoisotopic (exact) mass is 664 g/mol. The Bertz CT molecular complexity index is 1380. The summed E-state index contributed by atoms with van der Waals surface area (Å²) in [7, 11) is 0. The molecule has 0 bridgehead atoms. The van der Waals surface area contributed by atoms with E-state index in [4.69, 9.17) is 14.2 Å². The Morgan fingerprint density at radius 3 is 2.33 bits per heavy atom. The van der Waals surface area contributed by atoms with Crippen molar-refractivity contribution in [1.29, 1.82) is 0 Å². The van der Waals surface area contributed by atoms with Gasteiger partial charge in [-0.15, -0.1) is 0 Å². The van der Waals surface area contributed by atoms with E-state index in [0.717, 1.165) is 36.0 Å². The van der Waals surface area contributed by atoms with Crippen molar-refractivity contribution in [1.82, 2.24) is 15.5 Å². The highest BCUT2D eigenvalue weighted by Gasteiger charge is 2.44. The van der Waals surface area contributed by atoms with E-state index in [9.17, 15) is 19.5 Å². The number of amides is 3. The molecule has 48 heavy (non-hydrogen) atoms. The van der Waals surface area contributed by atoms with Gasteiger partial charge in [0, 0.05) is 35.8 Å². The summed E-state index contributed by atoms with van der Waals surface area (Å²) in [5, 5.41) is 18.1. The van der Waals surface area contributed by atoms with Gasteiger partial charge in [0.2, 0.25) is 5.91 Å². The number of piperidine rings is 1. The molecule has 3 aliphatic rings. The first-order valence-electron chi connectivity index (χ1n) is 17.4. The number of ether oxygens (including phenoxy) is 3. The number of nitrogens with zero attached hydrogens (tertiary/aromatic N) is 1. The molecule has 11 nitrogen and oxygen atoms in total. The zero-order valence-corrected chi connectivity index (χ0v) is 28.7. The van der Waals surface area contributed by atoms with Crippen LogP contribution in [-0.4, -0.2) is 71.3 Å². The standard InChI is InChI=1S/C37H52N4O7/c1-5-46-33(43)21-38-36(45)39-28-17-14-27(15-18-28)35-47-29(20-32(48-35)26-12-10-24(23-42)11-13-26)22-41-30-9-7-6-8-25(30)16-19-31(41)34(44)40-37(2,3)4/h10-15,17-18,25,29-32,35,42H,5-9,16,19-23H2,1-4H3,(H,40,44)(H2,38,39,45)/t25-,29+,30-,31-,32-,35-/m1/s1. The van der Waals surface area contributed by atoms with Crippen molar-refractivity contribution >= 4 is 23.6 Å². The number of aliphatic hydroxyl groups excluding tert-OH is 1. The highest BCUT2D eigenvalue weighted by molar-refractivity contribution is 5.91. The number of aliphatic hydroxyl groups is 1. The molecule has 0 spiro atoms. The normalized spacial score (nSPS) is 26.2. The molecular weight excluding hydrogens is 612 g/mol. The lowest BCUT2D eigenvalue weighted by Crippen LogP contribution is -2.61. The van der Waals surface area contributed by atoms with E-state index in [1.165, 1.54) is 19.3 Å². The van der Waals surface area contributed by atoms with E-state index < -0.39 is 18.3 Å². The molecule has 0 aromatic heterocycles. The van der Waals surface area contributed by atoms with Gasteiger partial charge in [-0.1, -0.05) is 49.2 Å². The highest BCUT2D eigenvalue weighted by atomic mass is 16.7. The Kier molecular flexibility index (Phi) is 12.1. The molecule has 262 valence electrons. The summed E-state index contributed by atoms with van der Waals surface area (Å²) in [5.41, 5.74) is 2.86. The minimum absolute atomic E-state index is 0.0308. The van der Waals surface area contributed by atoms with Crippen molar-refractivity contribution in [2.45, 2.75) is 115 Å². The number of carbonyl (C=O) groups is 3. The van der Waals surface area contributed by atoms with Crippen molar-refractivity contribution in [2.24, 2.45) is 5.92 Å². The third-order valence-corrected chi connectivity index (χ3v) is 9.48. The van der Waals surface area contributed by atoms with Crippen LogP contribution in [0, 0.1) is 5.92 Å². The molecule has 1 aliphatic carbocycles. The minimum atomic E-state index is -0.674. The first-order chi connectivity index (χ1) is 23.0. The number of likely N-dealkylation sites (tertiary alicyclic amines) is 1. The summed E-state index contributed by atoms with van der Waals surface area (Å²) in [6.45, 7) is 8.40. The van der Waals surface area contributed by atoms with Gasteiger partial charge in [-0.3, -0.25) is 14.5 Å². The first-order valence-corrected chi connectivity index (χ1v) is 17.4. The van der Waals surface area contributed by atoms with Crippen molar-refractivity contribution in [3.05, 3.63) is 65.2 Å². The molecule has 2 aromatic rings.